The van der Waals surface area contributed by atoms with E-state index in [0.29, 0.717) is 6.04 Å². The van der Waals surface area contributed by atoms with E-state index in [1.165, 1.54) is 17.7 Å². The Morgan fingerprint density at radius 3 is 2.76 bits per heavy atom. The van der Waals surface area contributed by atoms with Crippen molar-refractivity contribution in [1.29, 1.82) is 0 Å². The molecular formula is C18H22FNS. The molecule has 2 aromatic rings. The smallest absolute Gasteiger partial charge is 0.124 e. The molecule has 0 bridgehead atoms. The number of nitrogens with one attached hydrogen (secondary N) is 1. The van der Waals surface area contributed by atoms with Crippen molar-refractivity contribution in [2.45, 2.75) is 39.2 Å². The van der Waals surface area contributed by atoms with E-state index < -0.39 is 0 Å². The van der Waals surface area contributed by atoms with Crippen LogP contribution >= 0.6 is 11.3 Å². The van der Waals surface area contributed by atoms with Crippen molar-refractivity contribution < 1.29 is 4.39 Å². The van der Waals surface area contributed by atoms with Crippen molar-refractivity contribution in [2.24, 2.45) is 5.92 Å². The summed E-state index contributed by atoms with van der Waals surface area (Å²) in [6, 6.07) is 10.1. The van der Waals surface area contributed by atoms with E-state index in [0.717, 1.165) is 34.9 Å². The van der Waals surface area contributed by atoms with Crippen LogP contribution in [0, 0.1) is 18.7 Å². The lowest BCUT2D eigenvalue weighted by Gasteiger charge is -2.16. The molecule has 21 heavy (non-hydrogen) atoms. The average molecular weight is 303 g/mol. The lowest BCUT2D eigenvalue weighted by molar-refractivity contribution is 0.488. The summed E-state index contributed by atoms with van der Waals surface area (Å²) in [5.74, 6) is 0.639. The summed E-state index contributed by atoms with van der Waals surface area (Å²) in [7, 11) is 0. The van der Waals surface area contributed by atoms with E-state index >= 15 is 0 Å². The molecule has 0 amide bonds. The molecule has 0 spiro atoms. The zero-order valence-corrected chi connectivity index (χ0v) is 13.5. The highest BCUT2D eigenvalue weighted by atomic mass is 32.1. The Morgan fingerprint density at radius 2 is 2.10 bits per heavy atom. The molecule has 1 N–H and O–H groups in total. The van der Waals surface area contributed by atoms with Crippen LogP contribution in [0.2, 0.25) is 0 Å². The zero-order valence-electron chi connectivity index (χ0n) is 12.7. The molecule has 1 saturated carbocycles. The van der Waals surface area contributed by atoms with Crippen molar-refractivity contribution in [3.8, 4) is 10.4 Å². The zero-order chi connectivity index (χ0) is 14.8. The van der Waals surface area contributed by atoms with Gasteiger partial charge in [0.25, 0.3) is 0 Å². The van der Waals surface area contributed by atoms with E-state index in [1.54, 1.807) is 23.5 Å². The van der Waals surface area contributed by atoms with Gasteiger partial charge in [-0.25, -0.2) is 4.39 Å². The molecule has 1 nitrogen and oxygen atoms in total. The minimum Gasteiger partial charge on any atom is -0.309 e. The second-order valence-corrected chi connectivity index (χ2v) is 7.10. The van der Waals surface area contributed by atoms with E-state index in [4.69, 9.17) is 0 Å². The highest BCUT2D eigenvalue weighted by Crippen LogP contribution is 2.44. The standard InChI is InChI=1S/C18H22FNS/c1-3-8-20-18(13-4-5-13)17-7-6-16(21-17)14-9-12(2)10-15(19)11-14/h6-7,9-11,13,18,20H,3-5,8H2,1-2H3. The van der Waals surface area contributed by atoms with Gasteiger partial charge in [0.15, 0.2) is 0 Å². The number of rotatable bonds is 6. The van der Waals surface area contributed by atoms with Gasteiger partial charge >= 0.3 is 0 Å². The molecule has 0 aliphatic heterocycles. The van der Waals surface area contributed by atoms with Gasteiger partial charge < -0.3 is 5.32 Å². The van der Waals surface area contributed by atoms with E-state index in [9.17, 15) is 4.39 Å². The number of aryl methyl sites for hydroxylation is 1. The van der Waals surface area contributed by atoms with Gasteiger partial charge in [0, 0.05) is 15.8 Å². The highest BCUT2D eigenvalue weighted by Gasteiger charge is 2.32. The van der Waals surface area contributed by atoms with Crippen molar-refractivity contribution in [2.75, 3.05) is 6.54 Å². The molecule has 1 aromatic heterocycles. The van der Waals surface area contributed by atoms with Crippen LogP contribution in [0.15, 0.2) is 30.3 Å². The predicted molar refractivity (Wildman–Crippen MR) is 88.2 cm³/mol. The number of hydrogen-bond donors (Lipinski definition) is 1. The second-order valence-electron chi connectivity index (χ2n) is 5.99. The summed E-state index contributed by atoms with van der Waals surface area (Å²) in [4.78, 5) is 2.56. The Hall–Kier alpha value is -1.19. The normalized spacial score (nSPS) is 16.1. The molecule has 3 heteroatoms. The van der Waals surface area contributed by atoms with Gasteiger partial charge in [-0.2, -0.15) is 0 Å². The minimum atomic E-state index is -0.150. The highest BCUT2D eigenvalue weighted by molar-refractivity contribution is 7.15. The van der Waals surface area contributed by atoms with Gasteiger partial charge in [0.05, 0.1) is 0 Å². The van der Waals surface area contributed by atoms with Crippen molar-refractivity contribution in [1.82, 2.24) is 5.32 Å². The molecule has 1 unspecified atom stereocenters. The summed E-state index contributed by atoms with van der Waals surface area (Å²) in [5, 5.41) is 3.67. The number of benzene rings is 1. The average Bonchev–Trinajstić information content (AvgIpc) is 3.15. The molecule has 1 aliphatic carbocycles. The maximum absolute atomic E-state index is 13.6. The first-order valence-electron chi connectivity index (χ1n) is 7.78. The topological polar surface area (TPSA) is 12.0 Å². The van der Waals surface area contributed by atoms with Gasteiger partial charge in [0.1, 0.15) is 5.82 Å². The number of halogens is 1. The second kappa shape index (κ2) is 6.29. The van der Waals surface area contributed by atoms with Crippen LogP contribution in [-0.4, -0.2) is 6.54 Å². The fourth-order valence-electron chi connectivity index (χ4n) is 2.78. The fraction of sp³-hybridized carbons (Fsp3) is 0.444. The fourth-order valence-corrected chi connectivity index (χ4v) is 3.95. The maximum Gasteiger partial charge on any atom is 0.124 e. The molecule has 1 aliphatic rings. The summed E-state index contributed by atoms with van der Waals surface area (Å²) < 4.78 is 13.6. The molecule has 1 fully saturated rings. The number of thiophene rings is 1. The molecule has 1 atom stereocenters. The molecule has 1 aromatic carbocycles. The Morgan fingerprint density at radius 1 is 1.29 bits per heavy atom. The molecule has 112 valence electrons. The SMILES string of the molecule is CCCNC(c1ccc(-c2cc(C)cc(F)c2)s1)C1CC1. The molecular weight excluding hydrogens is 281 g/mol. The van der Waals surface area contributed by atoms with E-state index in [1.807, 2.05) is 6.92 Å². The summed E-state index contributed by atoms with van der Waals surface area (Å²) >= 11 is 1.80. The van der Waals surface area contributed by atoms with Gasteiger partial charge in [-0.15, -0.1) is 11.3 Å². The third-order valence-corrected chi connectivity index (χ3v) is 5.19. The van der Waals surface area contributed by atoms with Crippen molar-refractivity contribution in [3.63, 3.8) is 0 Å². The third kappa shape index (κ3) is 3.53. The molecule has 1 heterocycles. The lowest BCUT2D eigenvalue weighted by Crippen LogP contribution is -2.22. The van der Waals surface area contributed by atoms with Gasteiger partial charge in [0.2, 0.25) is 0 Å². The van der Waals surface area contributed by atoms with Crippen LogP contribution in [0.5, 0.6) is 0 Å². The van der Waals surface area contributed by atoms with Crippen LogP contribution < -0.4 is 5.32 Å². The first kappa shape index (κ1) is 14.7. The minimum absolute atomic E-state index is 0.150. The third-order valence-electron chi connectivity index (χ3n) is 3.97. The van der Waals surface area contributed by atoms with Crippen molar-refractivity contribution in [3.05, 3.63) is 46.6 Å². The Balaban J connectivity index is 1.84. The Kier molecular flexibility index (Phi) is 4.41. The van der Waals surface area contributed by atoms with Gasteiger partial charge in [-0.1, -0.05) is 13.0 Å². The maximum atomic E-state index is 13.6. The molecule has 3 rings (SSSR count). The largest absolute Gasteiger partial charge is 0.309 e. The molecule has 0 radical (unpaired) electrons. The predicted octanol–water partition coefficient (Wildman–Crippen LogP) is 5.31. The number of hydrogen-bond acceptors (Lipinski definition) is 2. The van der Waals surface area contributed by atoms with Gasteiger partial charge in [-0.05, 0) is 74.0 Å². The van der Waals surface area contributed by atoms with Crippen LogP contribution in [-0.2, 0) is 0 Å². The Labute approximate surface area is 130 Å². The first-order chi connectivity index (χ1) is 10.2. The monoisotopic (exact) mass is 303 g/mol. The van der Waals surface area contributed by atoms with Crippen LogP contribution in [0.1, 0.15) is 42.7 Å². The Bertz CT molecular complexity index is 595. The van der Waals surface area contributed by atoms with Crippen LogP contribution in [0.3, 0.4) is 0 Å². The lowest BCUT2D eigenvalue weighted by atomic mass is 10.1. The molecule has 0 saturated heterocycles. The van der Waals surface area contributed by atoms with Crippen molar-refractivity contribution >= 4 is 11.3 Å². The van der Waals surface area contributed by atoms with Crippen LogP contribution in [0.4, 0.5) is 4.39 Å². The quantitative estimate of drug-likeness (QED) is 0.762. The van der Waals surface area contributed by atoms with E-state index in [2.05, 4.69) is 30.4 Å². The summed E-state index contributed by atoms with van der Waals surface area (Å²) in [6.45, 7) is 5.21. The van der Waals surface area contributed by atoms with Gasteiger partial charge in [-0.3, -0.25) is 0 Å². The van der Waals surface area contributed by atoms with E-state index in [-0.39, 0.29) is 5.82 Å². The van der Waals surface area contributed by atoms with Crippen LogP contribution in [0.25, 0.3) is 10.4 Å². The first-order valence-corrected chi connectivity index (χ1v) is 8.59. The summed E-state index contributed by atoms with van der Waals surface area (Å²) in [6.07, 6.45) is 3.81. The summed E-state index contributed by atoms with van der Waals surface area (Å²) in [5.41, 5.74) is 1.97.